The van der Waals surface area contributed by atoms with Gasteiger partial charge in [0.15, 0.2) is 0 Å². The summed E-state index contributed by atoms with van der Waals surface area (Å²) in [6.45, 7) is 5.61. The molecule has 1 aliphatic heterocycles. The number of nitrogens with one attached hydrogen (secondary N) is 1. The summed E-state index contributed by atoms with van der Waals surface area (Å²) in [5.74, 6) is 4.04. The number of rotatable bonds is 2. The molecule has 1 aromatic carbocycles. The molecular weight excluding hydrogens is 356 g/mol. The second kappa shape index (κ2) is 7.82. The molecule has 1 heterocycles. The van der Waals surface area contributed by atoms with E-state index in [0.29, 0.717) is 17.0 Å². The number of carbonyl (C=O) groups excluding carboxylic acids is 2. The molecule has 1 N–H and O–H groups in total. The van der Waals surface area contributed by atoms with E-state index in [-0.39, 0.29) is 6.61 Å². The molecule has 1 amide bonds. The van der Waals surface area contributed by atoms with Gasteiger partial charge in [0.1, 0.15) is 24.0 Å². The van der Waals surface area contributed by atoms with Gasteiger partial charge >= 0.3 is 12.1 Å². The summed E-state index contributed by atoms with van der Waals surface area (Å²) in [7, 11) is 4.40. The van der Waals surface area contributed by atoms with Crippen molar-refractivity contribution in [3.05, 3.63) is 23.8 Å². The van der Waals surface area contributed by atoms with Gasteiger partial charge in [-0.15, -0.1) is 10.9 Å². The van der Waals surface area contributed by atoms with Crippen LogP contribution in [0.25, 0.3) is 0 Å². The van der Waals surface area contributed by atoms with Crippen molar-refractivity contribution in [3.63, 3.8) is 0 Å². The number of benzene rings is 1. The largest absolute Gasteiger partial charge is 0.489 e. The van der Waals surface area contributed by atoms with Crippen LogP contribution < -0.4 is 15.0 Å². The van der Waals surface area contributed by atoms with E-state index in [9.17, 15) is 9.59 Å². The van der Waals surface area contributed by atoms with Crippen molar-refractivity contribution < 1.29 is 23.8 Å². The third-order valence-corrected chi connectivity index (χ3v) is 4.47. The Bertz CT molecular complexity index is 765. The average molecular weight is 380 g/mol. The minimum Gasteiger partial charge on any atom is -0.489 e. The predicted molar refractivity (Wildman–Crippen MR) is 105 cm³/mol. The van der Waals surface area contributed by atoms with Gasteiger partial charge in [-0.25, -0.2) is 9.59 Å². The molecular formula is C18H24N2O5S. The molecule has 0 fully saturated rings. The van der Waals surface area contributed by atoms with Crippen LogP contribution in [-0.4, -0.2) is 55.3 Å². The van der Waals surface area contributed by atoms with Crippen LogP contribution in [0.5, 0.6) is 5.75 Å². The van der Waals surface area contributed by atoms with E-state index in [0.717, 1.165) is 4.99 Å². The molecule has 1 aromatic rings. The van der Waals surface area contributed by atoms with Crippen LogP contribution in [0.2, 0.25) is 0 Å². The average Bonchev–Trinajstić information content (AvgIpc) is 2.69. The SMILES string of the molecule is C=S=C1[C@@H](NC(=O)OC(C)(C)C)COc2ccc(C(=O)OC)cc2N1C. The quantitative estimate of drug-likeness (QED) is 0.627. The molecule has 0 unspecified atom stereocenters. The van der Waals surface area contributed by atoms with Crippen molar-refractivity contribution in [3.8, 4) is 5.75 Å². The van der Waals surface area contributed by atoms with E-state index in [1.54, 1.807) is 39.0 Å². The van der Waals surface area contributed by atoms with Crippen LogP contribution in [0.15, 0.2) is 18.2 Å². The predicted octanol–water partition coefficient (Wildman–Crippen LogP) is 2.49. The fourth-order valence-electron chi connectivity index (χ4n) is 2.49. The van der Waals surface area contributed by atoms with Gasteiger partial charge in [0.05, 0.1) is 23.3 Å². The number of nitrogens with zero attached hydrogens (tertiary/aromatic N) is 1. The molecule has 26 heavy (non-hydrogen) atoms. The van der Waals surface area contributed by atoms with Gasteiger partial charge in [-0.3, -0.25) is 0 Å². The Balaban J connectivity index is 2.30. The van der Waals surface area contributed by atoms with Crippen LogP contribution in [0.3, 0.4) is 0 Å². The first-order valence-electron chi connectivity index (χ1n) is 8.03. The van der Waals surface area contributed by atoms with Crippen LogP contribution in [0.1, 0.15) is 31.1 Å². The number of likely N-dealkylation sites (N-methyl/N-ethyl adjacent to an activating group) is 1. The summed E-state index contributed by atoms with van der Waals surface area (Å²) in [5, 5.41) is 2.81. The van der Waals surface area contributed by atoms with Crippen LogP contribution in [-0.2, 0) is 9.47 Å². The molecule has 0 saturated carbocycles. The van der Waals surface area contributed by atoms with Gasteiger partial charge in [0.25, 0.3) is 0 Å². The number of fused-ring (bicyclic) bond motifs is 1. The summed E-state index contributed by atoms with van der Waals surface area (Å²) in [6.07, 6.45) is -0.535. The van der Waals surface area contributed by atoms with Crippen LogP contribution in [0.4, 0.5) is 10.5 Å². The molecule has 0 aromatic heterocycles. The van der Waals surface area contributed by atoms with E-state index in [1.165, 1.54) is 18.0 Å². The van der Waals surface area contributed by atoms with E-state index < -0.39 is 23.7 Å². The van der Waals surface area contributed by atoms with E-state index in [1.807, 2.05) is 11.9 Å². The number of ether oxygens (including phenoxy) is 3. The molecule has 1 atom stereocenters. The van der Waals surface area contributed by atoms with Crippen LogP contribution in [0, 0.1) is 0 Å². The Hall–Kier alpha value is -2.48. The van der Waals surface area contributed by atoms with Gasteiger partial charge < -0.3 is 24.4 Å². The lowest BCUT2D eigenvalue weighted by atomic mass is 10.1. The molecule has 0 aliphatic carbocycles. The highest BCUT2D eigenvalue weighted by molar-refractivity contribution is 7.96. The van der Waals surface area contributed by atoms with Crippen molar-refractivity contribution in [1.82, 2.24) is 5.32 Å². The Kier molecular flexibility index (Phi) is 5.97. The van der Waals surface area contributed by atoms with Crippen molar-refractivity contribution in [1.29, 1.82) is 0 Å². The molecule has 0 saturated heterocycles. The number of esters is 1. The number of alkyl carbamates (subject to hydrolysis) is 1. The zero-order chi connectivity index (χ0) is 19.5. The first-order chi connectivity index (χ1) is 12.2. The number of amides is 1. The highest BCUT2D eigenvalue weighted by Gasteiger charge is 2.29. The first kappa shape index (κ1) is 19.8. The lowest BCUT2D eigenvalue weighted by Crippen LogP contribution is -2.49. The Morgan fingerprint density at radius 1 is 1.38 bits per heavy atom. The minimum absolute atomic E-state index is 0.214. The molecule has 0 bridgehead atoms. The van der Waals surface area contributed by atoms with Crippen molar-refractivity contribution in [2.45, 2.75) is 32.4 Å². The minimum atomic E-state index is -0.599. The van der Waals surface area contributed by atoms with Gasteiger partial charge in [-0.1, -0.05) is 0 Å². The molecule has 2 rings (SSSR count). The molecule has 1 aliphatic rings. The maximum Gasteiger partial charge on any atom is 0.408 e. The summed E-state index contributed by atoms with van der Waals surface area (Å²) in [6, 6.07) is 4.59. The third-order valence-electron chi connectivity index (χ3n) is 3.61. The van der Waals surface area contributed by atoms with Gasteiger partial charge in [0, 0.05) is 7.05 Å². The Morgan fingerprint density at radius 3 is 2.65 bits per heavy atom. The fraction of sp³-hybridized carbons (Fsp3) is 0.444. The van der Waals surface area contributed by atoms with E-state index in [2.05, 4.69) is 11.2 Å². The van der Waals surface area contributed by atoms with Gasteiger partial charge in [0.2, 0.25) is 0 Å². The molecule has 0 radical (unpaired) electrons. The maximum absolute atomic E-state index is 12.2. The van der Waals surface area contributed by atoms with Crippen molar-refractivity contribution in [2.24, 2.45) is 0 Å². The van der Waals surface area contributed by atoms with Crippen molar-refractivity contribution >= 4 is 39.5 Å². The fourth-order valence-corrected chi connectivity index (χ4v) is 3.11. The lowest BCUT2D eigenvalue weighted by Gasteiger charge is -2.26. The summed E-state index contributed by atoms with van der Waals surface area (Å²) >= 11 is 0. The maximum atomic E-state index is 12.2. The monoisotopic (exact) mass is 380 g/mol. The highest BCUT2D eigenvalue weighted by atomic mass is 32.1. The molecule has 142 valence electrons. The third kappa shape index (κ3) is 4.57. The van der Waals surface area contributed by atoms with Gasteiger partial charge in [-0.05, 0) is 44.8 Å². The van der Waals surface area contributed by atoms with Crippen molar-refractivity contribution in [2.75, 3.05) is 25.7 Å². The summed E-state index contributed by atoms with van der Waals surface area (Å²) < 4.78 is 15.9. The Labute approximate surface area is 156 Å². The lowest BCUT2D eigenvalue weighted by molar-refractivity contribution is 0.0506. The number of anilines is 1. The second-order valence-corrected chi connectivity index (χ2v) is 7.43. The molecule has 7 nitrogen and oxygen atoms in total. The molecule has 0 spiro atoms. The van der Waals surface area contributed by atoms with Crippen LogP contribution >= 0.6 is 10.9 Å². The topological polar surface area (TPSA) is 77.1 Å². The number of hydrogen-bond donors (Lipinski definition) is 1. The number of hydrogen-bond acceptors (Lipinski definition) is 5. The number of carbonyl (C=O) groups is 2. The highest BCUT2D eigenvalue weighted by Crippen LogP contribution is 2.32. The normalized spacial score (nSPS) is 16.7. The van der Waals surface area contributed by atoms with E-state index in [4.69, 9.17) is 14.2 Å². The first-order valence-corrected chi connectivity index (χ1v) is 9.02. The smallest absolute Gasteiger partial charge is 0.408 e. The summed E-state index contributed by atoms with van der Waals surface area (Å²) in [4.78, 5) is 26.6. The standard InChI is InChI=1S/C18H24N2O5S/c1-18(2,3)25-17(22)19-12-10-24-14-8-7-11(16(21)23-5)9-13(14)20(4)15(12)26-6/h7-9,12H,6,10H2,1-5H3,(H,19,22)/t12-/m0/s1. The van der Waals surface area contributed by atoms with Gasteiger partial charge in [-0.2, -0.15) is 0 Å². The zero-order valence-corrected chi connectivity index (χ0v) is 16.4. The summed E-state index contributed by atoms with van der Waals surface area (Å²) in [5.41, 5.74) is 0.499. The number of methoxy groups -OCH3 is 1. The van der Waals surface area contributed by atoms with E-state index >= 15 is 0 Å². The Morgan fingerprint density at radius 2 is 2.08 bits per heavy atom. The zero-order valence-electron chi connectivity index (χ0n) is 15.6. The molecule has 8 heteroatoms. The second-order valence-electron chi connectivity index (χ2n) is 6.73.